The Bertz CT molecular complexity index is 1430. The summed E-state index contributed by atoms with van der Waals surface area (Å²) in [5.74, 6) is 2.01. The molecule has 2 amide bonds. The van der Waals surface area contributed by atoms with E-state index in [2.05, 4.69) is 25.2 Å². The number of amides is 2. The summed E-state index contributed by atoms with van der Waals surface area (Å²) in [5, 5.41) is 5.54. The zero-order chi connectivity index (χ0) is 29.8. The summed E-state index contributed by atoms with van der Waals surface area (Å²) in [6, 6.07) is 12.6. The molecule has 0 saturated heterocycles. The van der Waals surface area contributed by atoms with Crippen molar-refractivity contribution in [1.29, 1.82) is 0 Å². The second kappa shape index (κ2) is 14.9. The van der Waals surface area contributed by atoms with Gasteiger partial charge in [0.15, 0.2) is 0 Å². The van der Waals surface area contributed by atoms with Crippen LogP contribution in [0.3, 0.4) is 0 Å². The number of aromatic nitrogens is 3. The van der Waals surface area contributed by atoms with Gasteiger partial charge in [0.1, 0.15) is 30.1 Å². The quantitative estimate of drug-likeness (QED) is 0.165. The van der Waals surface area contributed by atoms with Gasteiger partial charge in [-0.2, -0.15) is 13.2 Å². The zero-order valence-electron chi connectivity index (χ0n) is 23.4. The number of rotatable bonds is 14. The molecule has 0 atom stereocenters. The number of urea groups is 1. The number of nitrogens with zero attached hydrogens (tertiary/aromatic N) is 3. The van der Waals surface area contributed by atoms with Gasteiger partial charge < -0.3 is 24.4 Å². The molecular weight excluding hydrogens is 547 g/mol. The van der Waals surface area contributed by atoms with Gasteiger partial charge in [-0.15, -0.1) is 0 Å². The Labute approximate surface area is 242 Å². The Hall–Kier alpha value is -4.54. The number of aryl methyl sites for hydroxylation is 2. The maximum Gasteiger partial charge on any atom is 0.416 e. The van der Waals surface area contributed by atoms with Crippen LogP contribution in [0, 0.1) is 0 Å². The zero-order valence-corrected chi connectivity index (χ0v) is 23.4. The fourth-order valence-electron chi connectivity index (χ4n) is 4.22. The van der Waals surface area contributed by atoms with Crippen LogP contribution < -0.4 is 15.4 Å². The maximum absolute atomic E-state index is 12.7. The molecule has 0 aliphatic carbocycles. The number of hydrogen-bond acceptors (Lipinski definition) is 5. The number of unbranched alkanes of at least 4 members (excludes halogenated alkanes) is 1. The van der Waals surface area contributed by atoms with Crippen molar-refractivity contribution in [3.05, 3.63) is 101 Å². The summed E-state index contributed by atoms with van der Waals surface area (Å²) in [6.45, 7) is 4.11. The highest BCUT2D eigenvalue weighted by atomic mass is 19.4. The smallest absolute Gasteiger partial charge is 0.416 e. The van der Waals surface area contributed by atoms with E-state index in [1.54, 1.807) is 18.3 Å². The minimum absolute atomic E-state index is 0.163. The summed E-state index contributed by atoms with van der Waals surface area (Å²) in [6.07, 6.45) is 7.79. The van der Waals surface area contributed by atoms with Gasteiger partial charge >= 0.3 is 12.2 Å². The monoisotopic (exact) mass is 581 g/mol. The summed E-state index contributed by atoms with van der Waals surface area (Å²) >= 11 is 0. The maximum atomic E-state index is 12.7. The number of oxazole rings is 1. The van der Waals surface area contributed by atoms with Crippen LogP contribution in [-0.4, -0.2) is 33.7 Å². The molecule has 0 spiro atoms. The lowest BCUT2D eigenvalue weighted by atomic mass is 10.1. The van der Waals surface area contributed by atoms with Gasteiger partial charge in [-0.05, 0) is 67.7 Å². The van der Waals surface area contributed by atoms with Crippen LogP contribution in [0.25, 0.3) is 12.2 Å². The number of carbonyl (C=O) groups is 1. The van der Waals surface area contributed by atoms with Gasteiger partial charge in [-0.3, -0.25) is 0 Å². The first-order valence-electron chi connectivity index (χ1n) is 13.8. The molecule has 8 nitrogen and oxygen atoms in total. The van der Waals surface area contributed by atoms with Crippen molar-refractivity contribution < 1.29 is 27.1 Å². The first kappa shape index (κ1) is 30.4. The molecule has 42 heavy (non-hydrogen) atoms. The highest BCUT2D eigenvalue weighted by molar-refractivity contribution is 5.73. The van der Waals surface area contributed by atoms with Crippen LogP contribution in [0.2, 0.25) is 0 Å². The third kappa shape index (κ3) is 9.53. The van der Waals surface area contributed by atoms with Crippen molar-refractivity contribution in [2.75, 3.05) is 13.1 Å². The Morgan fingerprint density at radius 1 is 1.02 bits per heavy atom. The van der Waals surface area contributed by atoms with Crippen LogP contribution in [-0.2, 0) is 32.2 Å². The molecule has 0 aliphatic rings. The van der Waals surface area contributed by atoms with Crippen molar-refractivity contribution in [3.8, 4) is 5.75 Å². The third-order valence-electron chi connectivity index (χ3n) is 6.42. The van der Waals surface area contributed by atoms with E-state index in [1.807, 2.05) is 37.4 Å². The first-order chi connectivity index (χ1) is 20.3. The fraction of sp³-hybridized carbons (Fsp3) is 0.323. The van der Waals surface area contributed by atoms with Gasteiger partial charge in [-0.25, -0.2) is 14.8 Å². The topological polar surface area (TPSA) is 94.2 Å². The normalized spacial score (nSPS) is 11.6. The predicted molar refractivity (Wildman–Crippen MR) is 154 cm³/mol. The number of benzene rings is 2. The number of hydrogen-bond donors (Lipinski definition) is 2. The molecule has 222 valence electrons. The van der Waals surface area contributed by atoms with E-state index in [0.29, 0.717) is 42.4 Å². The van der Waals surface area contributed by atoms with E-state index in [9.17, 15) is 18.0 Å². The average Bonchev–Trinajstić information content (AvgIpc) is 3.63. The minimum Gasteiger partial charge on any atom is -0.487 e. The lowest BCUT2D eigenvalue weighted by molar-refractivity contribution is -0.137. The van der Waals surface area contributed by atoms with Gasteiger partial charge in [0.2, 0.25) is 5.89 Å². The highest BCUT2D eigenvalue weighted by Gasteiger charge is 2.29. The van der Waals surface area contributed by atoms with Crippen LogP contribution >= 0.6 is 0 Å². The van der Waals surface area contributed by atoms with Crippen molar-refractivity contribution >= 4 is 18.2 Å². The van der Waals surface area contributed by atoms with Crippen LogP contribution in [0.4, 0.5) is 18.0 Å². The fourth-order valence-corrected chi connectivity index (χ4v) is 4.22. The van der Waals surface area contributed by atoms with Crippen LogP contribution in [0.5, 0.6) is 5.75 Å². The predicted octanol–water partition coefficient (Wildman–Crippen LogP) is 6.52. The standard InChI is InChI=1S/C31H34F3N5O3/c1-2-35-30(40)37-17-16-28-36-18-20-39(28)19-4-3-5-23-8-13-27(14-9-23)41-21-26-22-42-29(38-26)15-10-24-6-11-25(12-7-24)31(32,33)34/h6-15,18,20,22H,2-5,16-17,19,21H2,1H3,(H2,35,37,40). The molecule has 2 aromatic heterocycles. The van der Waals surface area contributed by atoms with Crippen molar-refractivity contribution in [3.63, 3.8) is 0 Å². The number of alkyl halides is 3. The van der Waals surface area contributed by atoms with Crippen molar-refractivity contribution in [1.82, 2.24) is 25.2 Å². The molecule has 0 bridgehead atoms. The van der Waals surface area contributed by atoms with Gasteiger partial charge in [0.05, 0.1) is 5.56 Å². The first-order valence-corrected chi connectivity index (χ1v) is 13.8. The van der Waals surface area contributed by atoms with E-state index in [0.717, 1.165) is 43.8 Å². The van der Waals surface area contributed by atoms with E-state index >= 15 is 0 Å². The summed E-state index contributed by atoms with van der Waals surface area (Å²) in [5.41, 5.74) is 1.73. The Balaban J connectivity index is 1.15. The number of imidazole rings is 1. The lowest BCUT2D eigenvalue weighted by Gasteiger charge is -2.09. The van der Waals surface area contributed by atoms with Gasteiger partial charge in [0, 0.05) is 44.5 Å². The average molecular weight is 582 g/mol. The van der Waals surface area contributed by atoms with Gasteiger partial charge in [0.25, 0.3) is 0 Å². The molecule has 2 N–H and O–H groups in total. The summed E-state index contributed by atoms with van der Waals surface area (Å²) < 4.78 is 51.5. The van der Waals surface area contributed by atoms with E-state index < -0.39 is 11.7 Å². The number of nitrogens with one attached hydrogen (secondary N) is 2. The molecule has 4 aromatic rings. The van der Waals surface area contributed by atoms with Crippen molar-refractivity contribution in [2.45, 2.75) is 51.9 Å². The SMILES string of the molecule is CCNC(=O)NCCc1nccn1CCCCc1ccc(OCc2coc(C=Cc3ccc(C(F)(F)F)cc3)n2)cc1. The van der Waals surface area contributed by atoms with E-state index in [-0.39, 0.29) is 12.6 Å². The van der Waals surface area contributed by atoms with Crippen molar-refractivity contribution in [2.24, 2.45) is 0 Å². The molecule has 0 saturated carbocycles. The van der Waals surface area contributed by atoms with Crippen LogP contribution in [0.1, 0.15) is 53.9 Å². The largest absolute Gasteiger partial charge is 0.487 e. The second-order valence-corrected chi connectivity index (χ2v) is 9.59. The molecule has 0 unspecified atom stereocenters. The summed E-state index contributed by atoms with van der Waals surface area (Å²) in [7, 11) is 0. The molecule has 0 fully saturated rings. The molecule has 0 aliphatic heterocycles. The highest BCUT2D eigenvalue weighted by Crippen LogP contribution is 2.29. The van der Waals surface area contributed by atoms with Gasteiger partial charge in [-0.1, -0.05) is 24.3 Å². The Morgan fingerprint density at radius 3 is 2.55 bits per heavy atom. The third-order valence-corrected chi connectivity index (χ3v) is 6.42. The molecule has 2 heterocycles. The Morgan fingerprint density at radius 2 is 1.81 bits per heavy atom. The van der Waals surface area contributed by atoms with E-state index in [1.165, 1.54) is 24.0 Å². The number of ether oxygens (including phenoxy) is 1. The molecule has 4 rings (SSSR count). The minimum atomic E-state index is -4.36. The van der Waals surface area contributed by atoms with E-state index in [4.69, 9.17) is 9.15 Å². The molecule has 11 heteroatoms. The number of halogens is 3. The Kier molecular flexibility index (Phi) is 10.8. The molecular formula is C31H34F3N5O3. The molecule has 0 radical (unpaired) electrons. The number of carbonyl (C=O) groups excluding carboxylic acids is 1. The second-order valence-electron chi connectivity index (χ2n) is 9.59. The lowest BCUT2D eigenvalue weighted by Crippen LogP contribution is -2.36. The summed E-state index contributed by atoms with van der Waals surface area (Å²) in [4.78, 5) is 20.3. The van der Waals surface area contributed by atoms with Crippen LogP contribution in [0.15, 0.2) is 71.6 Å². The molecule has 2 aromatic carbocycles.